The van der Waals surface area contributed by atoms with Gasteiger partial charge >= 0.3 is 5.63 Å². The van der Waals surface area contributed by atoms with E-state index in [1.54, 1.807) is 24.3 Å². The van der Waals surface area contributed by atoms with Crippen molar-refractivity contribution in [1.82, 2.24) is 0 Å². The number of allylic oxidation sites excluding steroid dienone is 1. The average molecular weight is 443 g/mol. The molecular weight excluding hydrogens is 428 g/mol. The summed E-state index contributed by atoms with van der Waals surface area (Å²) in [6.07, 6.45) is 0. The van der Waals surface area contributed by atoms with Crippen LogP contribution in [0, 0.1) is 11.3 Å². The van der Waals surface area contributed by atoms with Crippen molar-refractivity contribution in [1.29, 1.82) is 5.26 Å². The minimum atomic E-state index is -0.755. The molecule has 4 aromatic rings. The number of halogens is 1. The number of aromatic hydroxyl groups is 1. The van der Waals surface area contributed by atoms with Gasteiger partial charge in [-0.25, -0.2) is 4.79 Å². The highest BCUT2D eigenvalue weighted by Crippen LogP contribution is 2.50. The van der Waals surface area contributed by atoms with Crippen LogP contribution in [0.5, 0.6) is 11.5 Å². The van der Waals surface area contributed by atoms with E-state index in [1.807, 2.05) is 30.3 Å². The zero-order valence-electron chi connectivity index (χ0n) is 16.5. The molecule has 0 aliphatic carbocycles. The van der Waals surface area contributed by atoms with Crippen LogP contribution in [0.15, 0.2) is 87.4 Å². The van der Waals surface area contributed by atoms with Crippen molar-refractivity contribution in [2.24, 2.45) is 5.73 Å². The summed E-state index contributed by atoms with van der Waals surface area (Å²) in [5.74, 6) is -0.822. The Morgan fingerprint density at radius 3 is 2.50 bits per heavy atom. The molecule has 1 aromatic heterocycles. The second-order valence-corrected chi connectivity index (χ2v) is 7.71. The molecule has 0 amide bonds. The maximum atomic E-state index is 12.6. The van der Waals surface area contributed by atoms with E-state index in [4.69, 9.17) is 26.5 Å². The molecular formula is C25H15ClN2O4. The lowest BCUT2D eigenvalue weighted by atomic mass is 9.82. The van der Waals surface area contributed by atoms with E-state index in [0.717, 1.165) is 5.56 Å². The summed E-state index contributed by atoms with van der Waals surface area (Å²) in [6.45, 7) is 0. The third-order valence-electron chi connectivity index (χ3n) is 5.48. The fourth-order valence-corrected chi connectivity index (χ4v) is 4.37. The van der Waals surface area contributed by atoms with Crippen LogP contribution in [0.3, 0.4) is 0 Å². The average Bonchev–Trinajstić information content (AvgIpc) is 2.78. The van der Waals surface area contributed by atoms with Crippen LogP contribution in [0.4, 0.5) is 0 Å². The van der Waals surface area contributed by atoms with Crippen LogP contribution in [0.1, 0.15) is 17.0 Å². The molecule has 5 rings (SSSR count). The summed E-state index contributed by atoms with van der Waals surface area (Å²) in [7, 11) is 0. The molecule has 6 nitrogen and oxygen atoms in total. The lowest BCUT2D eigenvalue weighted by Gasteiger charge is -2.28. The van der Waals surface area contributed by atoms with Gasteiger partial charge in [-0.3, -0.25) is 0 Å². The second kappa shape index (κ2) is 7.49. The van der Waals surface area contributed by atoms with Gasteiger partial charge in [0.2, 0.25) is 5.88 Å². The number of rotatable bonds is 2. The number of nitrogens with zero attached hydrogens (tertiary/aromatic N) is 1. The van der Waals surface area contributed by atoms with Crippen molar-refractivity contribution < 1.29 is 14.3 Å². The normalized spacial score (nSPS) is 15.2. The molecule has 1 aliphatic heterocycles. The number of phenolic OH excluding ortho intramolecular Hbond substituents is 1. The van der Waals surface area contributed by atoms with E-state index >= 15 is 0 Å². The SMILES string of the molecule is N#CC1=C(N)Oc2cc(O)c3c(-c4ccccc4)cc(=O)oc3c2C1c1ccccc1Cl. The van der Waals surface area contributed by atoms with Gasteiger partial charge in [-0.05, 0) is 17.2 Å². The Balaban J connectivity index is 1.93. The molecule has 156 valence electrons. The molecule has 1 aliphatic rings. The first kappa shape index (κ1) is 19.7. The summed E-state index contributed by atoms with van der Waals surface area (Å²) in [4.78, 5) is 12.6. The van der Waals surface area contributed by atoms with Gasteiger partial charge in [0.1, 0.15) is 23.1 Å². The smallest absolute Gasteiger partial charge is 0.336 e. The predicted octanol–water partition coefficient (Wildman–Crippen LogP) is 5.04. The maximum absolute atomic E-state index is 12.6. The molecule has 3 aromatic carbocycles. The summed E-state index contributed by atoms with van der Waals surface area (Å²) in [5.41, 5.74) is 7.89. The number of ether oxygens (including phenoxy) is 1. The molecule has 0 fully saturated rings. The monoisotopic (exact) mass is 442 g/mol. The van der Waals surface area contributed by atoms with Crippen molar-refractivity contribution in [2.75, 3.05) is 0 Å². The fraction of sp³-hybridized carbons (Fsp3) is 0.0400. The first-order chi connectivity index (χ1) is 15.5. The van der Waals surface area contributed by atoms with Gasteiger partial charge in [0.25, 0.3) is 0 Å². The van der Waals surface area contributed by atoms with Crippen molar-refractivity contribution >= 4 is 22.6 Å². The Hall–Kier alpha value is -4.21. The molecule has 32 heavy (non-hydrogen) atoms. The lowest BCUT2D eigenvalue weighted by Crippen LogP contribution is -2.22. The highest BCUT2D eigenvalue weighted by Gasteiger charge is 2.36. The van der Waals surface area contributed by atoms with E-state index in [-0.39, 0.29) is 28.5 Å². The van der Waals surface area contributed by atoms with Crippen molar-refractivity contribution in [2.45, 2.75) is 5.92 Å². The number of benzene rings is 3. The summed E-state index contributed by atoms with van der Waals surface area (Å²) < 4.78 is 11.3. The Bertz CT molecular complexity index is 1520. The Morgan fingerprint density at radius 1 is 1.06 bits per heavy atom. The van der Waals surface area contributed by atoms with Gasteiger partial charge in [0.15, 0.2) is 5.58 Å². The number of phenols is 1. The zero-order valence-corrected chi connectivity index (χ0v) is 17.3. The largest absolute Gasteiger partial charge is 0.507 e. The van der Waals surface area contributed by atoms with Gasteiger partial charge in [-0.15, -0.1) is 0 Å². The van der Waals surface area contributed by atoms with E-state index in [2.05, 4.69) is 6.07 Å². The third kappa shape index (κ3) is 2.99. The van der Waals surface area contributed by atoms with Crippen LogP contribution < -0.4 is 16.1 Å². The number of nitrogens with two attached hydrogens (primary N) is 1. The van der Waals surface area contributed by atoms with E-state index in [9.17, 15) is 15.2 Å². The molecule has 3 N–H and O–H groups in total. The van der Waals surface area contributed by atoms with Crippen molar-refractivity contribution in [3.05, 3.63) is 105 Å². The minimum absolute atomic E-state index is 0.106. The molecule has 0 radical (unpaired) electrons. The quantitative estimate of drug-likeness (QED) is 0.421. The summed E-state index contributed by atoms with van der Waals surface area (Å²) in [6, 6.07) is 21.0. The number of fused-ring (bicyclic) bond motifs is 3. The Kier molecular flexibility index (Phi) is 4.62. The van der Waals surface area contributed by atoms with Gasteiger partial charge in [0, 0.05) is 22.7 Å². The van der Waals surface area contributed by atoms with Crippen LogP contribution in [-0.4, -0.2) is 5.11 Å². The van der Waals surface area contributed by atoms with Crippen LogP contribution in [-0.2, 0) is 0 Å². The molecule has 0 spiro atoms. The van der Waals surface area contributed by atoms with Crippen LogP contribution in [0.25, 0.3) is 22.1 Å². The molecule has 0 saturated heterocycles. The van der Waals surface area contributed by atoms with Gasteiger partial charge in [-0.2, -0.15) is 5.26 Å². The number of nitriles is 1. The van der Waals surface area contributed by atoms with Gasteiger partial charge in [-0.1, -0.05) is 60.1 Å². The fourth-order valence-electron chi connectivity index (χ4n) is 4.13. The van der Waals surface area contributed by atoms with E-state index in [1.165, 1.54) is 12.1 Å². The van der Waals surface area contributed by atoms with Crippen LogP contribution >= 0.6 is 11.6 Å². The first-order valence-corrected chi connectivity index (χ1v) is 10.1. The highest BCUT2D eigenvalue weighted by molar-refractivity contribution is 6.31. The summed E-state index contributed by atoms with van der Waals surface area (Å²) >= 11 is 6.48. The topological polar surface area (TPSA) is 109 Å². The van der Waals surface area contributed by atoms with Crippen molar-refractivity contribution in [3.8, 4) is 28.7 Å². The van der Waals surface area contributed by atoms with Crippen molar-refractivity contribution in [3.63, 3.8) is 0 Å². The first-order valence-electron chi connectivity index (χ1n) is 9.70. The second-order valence-electron chi connectivity index (χ2n) is 7.30. The molecule has 1 atom stereocenters. The Labute approximate surface area is 187 Å². The predicted molar refractivity (Wildman–Crippen MR) is 120 cm³/mol. The van der Waals surface area contributed by atoms with Crippen LogP contribution in [0.2, 0.25) is 5.02 Å². The molecule has 2 heterocycles. The summed E-state index contributed by atoms with van der Waals surface area (Å²) in [5, 5.41) is 21.5. The van der Waals surface area contributed by atoms with Gasteiger partial charge in [0.05, 0.1) is 16.9 Å². The van der Waals surface area contributed by atoms with E-state index < -0.39 is 11.5 Å². The number of hydrogen-bond donors (Lipinski definition) is 2. The lowest BCUT2D eigenvalue weighted by molar-refractivity contribution is 0.387. The molecule has 0 bridgehead atoms. The third-order valence-corrected chi connectivity index (χ3v) is 5.82. The maximum Gasteiger partial charge on any atom is 0.336 e. The zero-order chi connectivity index (χ0) is 22.4. The minimum Gasteiger partial charge on any atom is -0.507 e. The standard InChI is InChI=1S/C25H15ClN2O4/c26-17-9-5-4-8-14(17)21-16(12-27)25(28)31-19-11-18(29)22-15(13-6-2-1-3-7-13)10-20(30)32-24(22)23(19)21/h1-11,21,29H,28H2. The molecule has 0 saturated carbocycles. The highest BCUT2D eigenvalue weighted by atomic mass is 35.5. The Morgan fingerprint density at radius 2 is 1.78 bits per heavy atom. The van der Waals surface area contributed by atoms with Gasteiger partial charge < -0.3 is 20.0 Å². The molecule has 1 unspecified atom stereocenters. The van der Waals surface area contributed by atoms with E-state index in [0.29, 0.717) is 27.1 Å². The molecule has 7 heteroatoms. The number of hydrogen-bond acceptors (Lipinski definition) is 6.